The predicted octanol–water partition coefficient (Wildman–Crippen LogP) is 4.08. The van der Waals surface area contributed by atoms with E-state index in [0.717, 1.165) is 36.0 Å². The minimum Gasteiger partial charge on any atom is -0.439 e. The van der Waals surface area contributed by atoms with Crippen LogP contribution in [0.4, 0.5) is 4.39 Å². The molecule has 0 atom stereocenters. The number of thiazole rings is 1. The van der Waals surface area contributed by atoms with E-state index in [-0.39, 0.29) is 5.82 Å². The maximum Gasteiger partial charge on any atom is 0.219 e. The van der Waals surface area contributed by atoms with Crippen molar-refractivity contribution < 1.29 is 9.13 Å². The lowest BCUT2D eigenvalue weighted by atomic mass is 10.3. The smallest absolute Gasteiger partial charge is 0.219 e. The van der Waals surface area contributed by atoms with Gasteiger partial charge in [-0.3, -0.25) is 0 Å². The van der Waals surface area contributed by atoms with Gasteiger partial charge in [-0.15, -0.1) is 11.3 Å². The number of benzene rings is 1. The van der Waals surface area contributed by atoms with E-state index in [1.807, 2.05) is 19.2 Å². The Hall–Kier alpha value is -3.00. The fourth-order valence-corrected chi connectivity index (χ4v) is 3.32. The van der Waals surface area contributed by atoms with Crippen LogP contribution in [0.25, 0.3) is 0 Å². The number of pyridine rings is 1. The molecule has 3 rings (SSSR count). The summed E-state index contributed by atoms with van der Waals surface area (Å²) >= 11 is 1.71. The van der Waals surface area contributed by atoms with Crippen LogP contribution in [0.3, 0.4) is 0 Å². The number of hydrogen-bond donors (Lipinski definition) is 2. The van der Waals surface area contributed by atoms with Gasteiger partial charge in [0.05, 0.1) is 11.6 Å². The first-order valence-electron chi connectivity index (χ1n) is 9.44. The Kier molecular flexibility index (Phi) is 7.52. The fourth-order valence-electron chi connectivity index (χ4n) is 2.53. The molecule has 29 heavy (non-hydrogen) atoms. The number of rotatable bonds is 8. The molecule has 152 valence electrons. The van der Waals surface area contributed by atoms with Gasteiger partial charge in [-0.05, 0) is 31.5 Å². The zero-order valence-electron chi connectivity index (χ0n) is 16.5. The van der Waals surface area contributed by atoms with E-state index in [1.165, 1.54) is 17.0 Å². The number of guanidine groups is 1. The van der Waals surface area contributed by atoms with Crippen LogP contribution in [-0.4, -0.2) is 29.0 Å². The van der Waals surface area contributed by atoms with Crippen molar-refractivity contribution >= 4 is 17.3 Å². The van der Waals surface area contributed by atoms with Crippen LogP contribution in [0, 0.1) is 12.7 Å². The lowest BCUT2D eigenvalue weighted by molar-refractivity contribution is 0.457. The van der Waals surface area contributed by atoms with Gasteiger partial charge in [-0.1, -0.05) is 12.1 Å². The van der Waals surface area contributed by atoms with Gasteiger partial charge >= 0.3 is 0 Å². The summed E-state index contributed by atoms with van der Waals surface area (Å²) in [6.45, 7) is 6.11. The van der Waals surface area contributed by atoms with E-state index >= 15 is 0 Å². The van der Waals surface area contributed by atoms with Crippen LogP contribution in [0.1, 0.15) is 22.4 Å². The molecule has 1 aromatic carbocycles. The zero-order chi connectivity index (χ0) is 20.5. The molecule has 2 aromatic heterocycles. The summed E-state index contributed by atoms with van der Waals surface area (Å²) in [6, 6.07) is 9.62. The molecule has 0 aliphatic carbocycles. The van der Waals surface area contributed by atoms with Crippen LogP contribution in [0.15, 0.2) is 53.8 Å². The van der Waals surface area contributed by atoms with Crippen LogP contribution in [0.5, 0.6) is 11.6 Å². The number of hydrogen-bond acceptors (Lipinski definition) is 5. The Morgan fingerprint density at radius 2 is 2.07 bits per heavy atom. The van der Waals surface area contributed by atoms with E-state index < -0.39 is 0 Å². The normalized spacial score (nSPS) is 11.3. The first-order valence-corrected chi connectivity index (χ1v) is 10.3. The zero-order valence-corrected chi connectivity index (χ0v) is 17.3. The highest BCUT2D eigenvalue weighted by molar-refractivity contribution is 7.11. The predicted molar refractivity (Wildman–Crippen MR) is 114 cm³/mol. The molecule has 6 nitrogen and oxygen atoms in total. The largest absolute Gasteiger partial charge is 0.439 e. The number of aryl methyl sites for hydroxylation is 1. The second-order valence-corrected chi connectivity index (χ2v) is 7.62. The first kappa shape index (κ1) is 20.7. The van der Waals surface area contributed by atoms with Crippen LogP contribution in [-0.2, 0) is 13.0 Å². The third-order valence-electron chi connectivity index (χ3n) is 3.88. The monoisotopic (exact) mass is 413 g/mol. The van der Waals surface area contributed by atoms with Gasteiger partial charge in [-0.2, -0.15) is 0 Å². The quantitative estimate of drug-likeness (QED) is 0.430. The summed E-state index contributed by atoms with van der Waals surface area (Å²) < 4.78 is 18.8. The van der Waals surface area contributed by atoms with Gasteiger partial charge in [-0.25, -0.2) is 19.4 Å². The van der Waals surface area contributed by atoms with Gasteiger partial charge in [0.15, 0.2) is 5.96 Å². The van der Waals surface area contributed by atoms with E-state index in [1.54, 1.807) is 35.7 Å². The summed E-state index contributed by atoms with van der Waals surface area (Å²) in [5, 5.41) is 7.67. The van der Waals surface area contributed by atoms with Crippen molar-refractivity contribution in [1.29, 1.82) is 0 Å². The Balaban J connectivity index is 1.52. The Labute approximate surface area is 173 Å². The van der Waals surface area contributed by atoms with Crippen molar-refractivity contribution in [1.82, 2.24) is 20.6 Å². The topological polar surface area (TPSA) is 71.4 Å². The molecular formula is C21H24FN5OS. The minimum atomic E-state index is -0.345. The highest BCUT2D eigenvalue weighted by Gasteiger charge is 2.03. The van der Waals surface area contributed by atoms with Gasteiger partial charge in [0.1, 0.15) is 11.6 Å². The van der Waals surface area contributed by atoms with Crippen molar-refractivity contribution in [2.45, 2.75) is 26.8 Å². The fraction of sp³-hybridized carbons (Fsp3) is 0.286. The number of halogens is 1. The van der Waals surface area contributed by atoms with Crippen molar-refractivity contribution in [3.63, 3.8) is 0 Å². The second kappa shape index (κ2) is 10.5. The average Bonchev–Trinajstić information content (AvgIpc) is 3.12. The molecule has 0 saturated heterocycles. The third-order valence-corrected chi connectivity index (χ3v) is 4.85. The van der Waals surface area contributed by atoms with Crippen LogP contribution in [0.2, 0.25) is 0 Å². The molecule has 8 heteroatoms. The van der Waals surface area contributed by atoms with E-state index in [9.17, 15) is 4.39 Å². The Bertz CT molecular complexity index is 942. The molecule has 2 heterocycles. The lowest BCUT2D eigenvalue weighted by Gasteiger charge is -2.10. The van der Waals surface area contributed by atoms with Gasteiger partial charge in [0.25, 0.3) is 0 Å². The van der Waals surface area contributed by atoms with Crippen molar-refractivity contribution in [2.75, 3.05) is 13.1 Å². The molecule has 0 spiro atoms. The molecular weight excluding hydrogens is 389 g/mol. The molecule has 2 N–H and O–H groups in total. The number of aliphatic imine (C=N–C) groups is 1. The van der Waals surface area contributed by atoms with E-state index in [2.05, 4.69) is 32.5 Å². The SMILES string of the molecule is CCNC(=NCc1ccc(Oc2cccc(F)c2)nc1)NCCc1ncc(C)s1. The number of aromatic nitrogens is 2. The third kappa shape index (κ3) is 6.83. The summed E-state index contributed by atoms with van der Waals surface area (Å²) in [7, 11) is 0. The molecule has 0 radical (unpaired) electrons. The summed E-state index contributed by atoms with van der Waals surface area (Å²) in [6.07, 6.45) is 4.46. The maximum atomic E-state index is 13.2. The van der Waals surface area contributed by atoms with Gasteiger partial charge < -0.3 is 15.4 Å². The minimum absolute atomic E-state index is 0.345. The van der Waals surface area contributed by atoms with Gasteiger partial charge in [0.2, 0.25) is 5.88 Å². The molecule has 0 fully saturated rings. The molecule has 0 unspecified atom stereocenters. The highest BCUT2D eigenvalue weighted by atomic mass is 32.1. The summed E-state index contributed by atoms with van der Waals surface area (Å²) in [5.41, 5.74) is 0.948. The van der Waals surface area contributed by atoms with Crippen molar-refractivity contribution in [2.24, 2.45) is 4.99 Å². The van der Waals surface area contributed by atoms with E-state index in [4.69, 9.17) is 4.74 Å². The molecule has 0 saturated carbocycles. The summed E-state index contributed by atoms with van der Waals surface area (Å²) in [4.78, 5) is 14.5. The van der Waals surface area contributed by atoms with Gasteiger partial charge in [0, 0.05) is 48.9 Å². The molecule has 3 aromatic rings. The molecule has 0 aliphatic rings. The van der Waals surface area contributed by atoms with E-state index in [0.29, 0.717) is 18.2 Å². The van der Waals surface area contributed by atoms with Crippen molar-refractivity contribution in [3.8, 4) is 11.6 Å². The van der Waals surface area contributed by atoms with Crippen LogP contribution < -0.4 is 15.4 Å². The number of nitrogens with zero attached hydrogens (tertiary/aromatic N) is 3. The average molecular weight is 414 g/mol. The molecule has 0 aliphatic heterocycles. The summed E-state index contributed by atoms with van der Waals surface area (Å²) in [5.74, 6) is 1.23. The number of nitrogens with one attached hydrogen (secondary N) is 2. The molecule has 0 amide bonds. The van der Waals surface area contributed by atoms with Crippen LogP contribution >= 0.6 is 11.3 Å². The first-order chi connectivity index (χ1) is 14.1. The second-order valence-electron chi connectivity index (χ2n) is 6.30. The van der Waals surface area contributed by atoms with Crippen molar-refractivity contribution in [3.05, 3.63) is 70.1 Å². The Morgan fingerprint density at radius 1 is 1.17 bits per heavy atom. The highest BCUT2D eigenvalue weighted by Crippen LogP contribution is 2.20. The number of ether oxygens (including phenoxy) is 1. The molecule has 0 bridgehead atoms. The standard InChI is InChI=1S/C21H24FN5OS/c1-3-23-21(24-10-9-20-26-12-15(2)29-20)27-14-16-7-8-19(25-13-16)28-18-6-4-5-17(22)11-18/h4-8,11-13H,3,9-10,14H2,1-2H3,(H2,23,24,27). The Morgan fingerprint density at radius 3 is 2.76 bits per heavy atom. The maximum absolute atomic E-state index is 13.2. The lowest BCUT2D eigenvalue weighted by Crippen LogP contribution is -2.38.